The van der Waals surface area contributed by atoms with Crippen LogP contribution in [0.15, 0.2) is 4.52 Å². The fourth-order valence-corrected chi connectivity index (χ4v) is 2.67. The lowest BCUT2D eigenvalue weighted by Gasteiger charge is -2.15. The first-order valence-electron chi connectivity index (χ1n) is 6.71. The van der Waals surface area contributed by atoms with Crippen LogP contribution in [-0.2, 0) is 22.7 Å². The molecule has 8 nitrogen and oxygen atoms in total. The lowest BCUT2D eigenvalue weighted by atomic mass is 10.2. The van der Waals surface area contributed by atoms with Crippen molar-refractivity contribution < 1.29 is 14.1 Å². The lowest BCUT2D eigenvalue weighted by molar-refractivity contribution is -0.117. The predicted molar refractivity (Wildman–Crippen MR) is 81.6 cm³/mol. The standard InChI is InChI=1S/C13H19N5O3S/c1-8-10(9(2)21-17-8)5-18(3)6-11(19)14-13-16-15-12(22-13)7-20-4/h5-7H2,1-4H3,(H,14,16,19). The monoisotopic (exact) mass is 325 g/mol. The van der Waals surface area contributed by atoms with E-state index in [0.717, 1.165) is 22.0 Å². The van der Waals surface area contributed by atoms with Gasteiger partial charge in [0.25, 0.3) is 0 Å². The topological polar surface area (TPSA) is 93.4 Å². The molecule has 0 unspecified atom stereocenters. The van der Waals surface area contributed by atoms with E-state index in [2.05, 4.69) is 20.7 Å². The SMILES string of the molecule is COCc1nnc(NC(=O)CN(C)Cc2c(C)noc2C)s1. The third-order valence-electron chi connectivity index (χ3n) is 3.00. The molecule has 0 aliphatic carbocycles. The van der Waals surface area contributed by atoms with Crippen LogP contribution < -0.4 is 5.32 Å². The molecule has 0 spiro atoms. The van der Waals surface area contributed by atoms with Gasteiger partial charge in [-0.2, -0.15) is 0 Å². The Bertz CT molecular complexity index is 620. The first-order chi connectivity index (χ1) is 10.5. The minimum atomic E-state index is -0.144. The van der Waals surface area contributed by atoms with Gasteiger partial charge in [0, 0.05) is 19.2 Å². The summed E-state index contributed by atoms with van der Waals surface area (Å²) in [7, 11) is 3.45. The lowest BCUT2D eigenvalue weighted by Crippen LogP contribution is -2.30. The summed E-state index contributed by atoms with van der Waals surface area (Å²) in [6.45, 7) is 4.97. The number of likely N-dealkylation sites (N-methyl/N-ethyl adjacent to an activating group) is 1. The van der Waals surface area contributed by atoms with Crippen LogP contribution in [0.25, 0.3) is 0 Å². The summed E-state index contributed by atoms with van der Waals surface area (Å²) in [5.41, 5.74) is 1.85. The zero-order chi connectivity index (χ0) is 16.1. The van der Waals surface area contributed by atoms with Gasteiger partial charge in [0.15, 0.2) is 0 Å². The normalized spacial score (nSPS) is 11.1. The summed E-state index contributed by atoms with van der Waals surface area (Å²) in [6.07, 6.45) is 0. The number of carbonyl (C=O) groups is 1. The number of methoxy groups -OCH3 is 1. The van der Waals surface area contributed by atoms with Crippen molar-refractivity contribution in [2.45, 2.75) is 27.0 Å². The summed E-state index contributed by atoms with van der Waals surface area (Å²) >= 11 is 1.30. The van der Waals surface area contributed by atoms with E-state index in [1.807, 2.05) is 25.8 Å². The van der Waals surface area contributed by atoms with Crippen LogP contribution >= 0.6 is 11.3 Å². The van der Waals surface area contributed by atoms with Gasteiger partial charge < -0.3 is 9.26 Å². The number of ether oxygens (including phenoxy) is 1. The molecular formula is C13H19N5O3S. The van der Waals surface area contributed by atoms with Crippen molar-refractivity contribution in [3.63, 3.8) is 0 Å². The van der Waals surface area contributed by atoms with Crippen LogP contribution in [0.2, 0.25) is 0 Å². The molecule has 0 aliphatic rings. The molecule has 9 heteroatoms. The Morgan fingerprint density at radius 1 is 1.41 bits per heavy atom. The number of anilines is 1. The van der Waals surface area contributed by atoms with E-state index in [1.54, 1.807) is 7.11 Å². The summed E-state index contributed by atoms with van der Waals surface area (Å²) in [5.74, 6) is 0.632. The van der Waals surface area contributed by atoms with Gasteiger partial charge in [0.2, 0.25) is 11.0 Å². The van der Waals surface area contributed by atoms with Crippen LogP contribution in [0.3, 0.4) is 0 Å². The number of hydrogen-bond donors (Lipinski definition) is 1. The molecule has 0 saturated carbocycles. The summed E-state index contributed by atoms with van der Waals surface area (Å²) < 4.78 is 10.1. The predicted octanol–water partition coefficient (Wildman–Crippen LogP) is 1.36. The molecule has 0 bridgehead atoms. The fourth-order valence-electron chi connectivity index (χ4n) is 1.94. The Balaban J connectivity index is 1.85. The first kappa shape index (κ1) is 16.5. The average Bonchev–Trinajstić information content (AvgIpc) is 3.00. The van der Waals surface area contributed by atoms with Crippen LogP contribution in [-0.4, -0.2) is 46.9 Å². The van der Waals surface area contributed by atoms with Crippen molar-refractivity contribution in [3.8, 4) is 0 Å². The molecular weight excluding hydrogens is 306 g/mol. The van der Waals surface area contributed by atoms with E-state index >= 15 is 0 Å². The molecule has 1 amide bonds. The highest BCUT2D eigenvalue weighted by Gasteiger charge is 2.14. The molecule has 0 saturated heterocycles. The molecule has 0 aliphatic heterocycles. The van der Waals surface area contributed by atoms with Crippen LogP contribution in [0.4, 0.5) is 5.13 Å². The van der Waals surface area contributed by atoms with Gasteiger partial charge in [0.1, 0.15) is 17.4 Å². The van der Waals surface area contributed by atoms with Crippen molar-refractivity contribution >= 4 is 22.4 Å². The Morgan fingerprint density at radius 3 is 2.82 bits per heavy atom. The highest BCUT2D eigenvalue weighted by Crippen LogP contribution is 2.16. The Labute approximate surface area is 132 Å². The van der Waals surface area contributed by atoms with Crippen LogP contribution in [0, 0.1) is 13.8 Å². The minimum Gasteiger partial charge on any atom is -0.377 e. The molecule has 0 aromatic carbocycles. The molecule has 2 aromatic heterocycles. The summed E-state index contributed by atoms with van der Waals surface area (Å²) in [4.78, 5) is 13.9. The number of amides is 1. The van der Waals surface area contributed by atoms with Gasteiger partial charge in [-0.3, -0.25) is 15.0 Å². The Morgan fingerprint density at radius 2 is 2.18 bits per heavy atom. The summed E-state index contributed by atoms with van der Waals surface area (Å²) in [6, 6.07) is 0. The van der Waals surface area contributed by atoms with Gasteiger partial charge in [-0.05, 0) is 20.9 Å². The van der Waals surface area contributed by atoms with Crippen molar-refractivity contribution in [3.05, 3.63) is 22.0 Å². The number of rotatable bonds is 7. The zero-order valence-electron chi connectivity index (χ0n) is 13.0. The Kier molecular flexibility index (Phi) is 5.58. The van der Waals surface area contributed by atoms with E-state index < -0.39 is 0 Å². The van der Waals surface area contributed by atoms with E-state index in [9.17, 15) is 4.79 Å². The number of hydrogen-bond acceptors (Lipinski definition) is 8. The molecule has 2 rings (SSSR count). The van der Waals surface area contributed by atoms with Crippen LogP contribution in [0.5, 0.6) is 0 Å². The van der Waals surface area contributed by atoms with E-state index in [4.69, 9.17) is 9.26 Å². The van der Waals surface area contributed by atoms with Gasteiger partial charge in [-0.25, -0.2) is 0 Å². The number of nitrogens with zero attached hydrogens (tertiary/aromatic N) is 4. The number of carbonyl (C=O) groups excluding carboxylic acids is 1. The quantitative estimate of drug-likeness (QED) is 0.821. The second-order valence-electron chi connectivity index (χ2n) is 4.96. The van der Waals surface area contributed by atoms with Gasteiger partial charge >= 0.3 is 0 Å². The van der Waals surface area contributed by atoms with Gasteiger partial charge in [0.05, 0.1) is 12.2 Å². The third-order valence-corrected chi connectivity index (χ3v) is 3.82. The molecule has 2 aromatic rings. The maximum absolute atomic E-state index is 12.0. The highest BCUT2D eigenvalue weighted by atomic mass is 32.1. The number of nitrogens with one attached hydrogen (secondary N) is 1. The maximum Gasteiger partial charge on any atom is 0.240 e. The van der Waals surface area contributed by atoms with Gasteiger partial charge in [-0.1, -0.05) is 16.5 Å². The van der Waals surface area contributed by atoms with Gasteiger partial charge in [-0.15, -0.1) is 10.2 Å². The largest absolute Gasteiger partial charge is 0.377 e. The molecule has 2 heterocycles. The minimum absolute atomic E-state index is 0.144. The first-order valence-corrected chi connectivity index (χ1v) is 7.52. The average molecular weight is 325 g/mol. The number of aromatic nitrogens is 3. The molecule has 0 radical (unpaired) electrons. The molecule has 22 heavy (non-hydrogen) atoms. The third kappa shape index (κ3) is 4.33. The Hall–Kier alpha value is -1.84. The fraction of sp³-hybridized carbons (Fsp3) is 0.538. The maximum atomic E-state index is 12.0. The smallest absolute Gasteiger partial charge is 0.240 e. The summed E-state index contributed by atoms with van der Waals surface area (Å²) in [5, 5.41) is 15.7. The van der Waals surface area contributed by atoms with E-state index in [1.165, 1.54) is 11.3 Å². The van der Waals surface area contributed by atoms with Crippen molar-refractivity contribution in [2.75, 3.05) is 26.0 Å². The van der Waals surface area contributed by atoms with E-state index in [-0.39, 0.29) is 12.5 Å². The molecule has 0 fully saturated rings. The number of aryl methyl sites for hydroxylation is 2. The molecule has 1 N–H and O–H groups in total. The van der Waals surface area contributed by atoms with Crippen molar-refractivity contribution in [1.82, 2.24) is 20.3 Å². The second kappa shape index (κ2) is 7.43. The zero-order valence-corrected chi connectivity index (χ0v) is 13.9. The van der Waals surface area contributed by atoms with Crippen molar-refractivity contribution in [2.24, 2.45) is 0 Å². The molecule has 0 atom stereocenters. The van der Waals surface area contributed by atoms with Crippen molar-refractivity contribution in [1.29, 1.82) is 0 Å². The van der Waals surface area contributed by atoms with E-state index in [0.29, 0.717) is 18.3 Å². The van der Waals surface area contributed by atoms with Crippen LogP contribution in [0.1, 0.15) is 22.0 Å². The second-order valence-corrected chi connectivity index (χ2v) is 6.02. The molecule has 120 valence electrons. The highest BCUT2D eigenvalue weighted by molar-refractivity contribution is 7.15.